The van der Waals surface area contributed by atoms with Crippen molar-refractivity contribution >= 4 is 20.6 Å². The molecule has 22 heavy (non-hydrogen) atoms. The number of aliphatic hydroxyl groups is 1. The van der Waals surface area contributed by atoms with Crippen LogP contribution in [0.1, 0.15) is 37.7 Å². The summed E-state index contributed by atoms with van der Waals surface area (Å²) in [6.45, 7) is 0. The Morgan fingerprint density at radius 2 is 1.59 bits per heavy atom. The van der Waals surface area contributed by atoms with Gasteiger partial charge in [-0.05, 0) is 48.1 Å². The molecule has 2 fully saturated rings. The van der Waals surface area contributed by atoms with Gasteiger partial charge in [0.15, 0.2) is 9.84 Å². The Labute approximate surface area is 130 Å². The predicted octanol–water partition coefficient (Wildman–Crippen LogP) is 3.16. The van der Waals surface area contributed by atoms with E-state index in [9.17, 15) is 13.5 Å². The summed E-state index contributed by atoms with van der Waals surface area (Å²) in [4.78, 5) is 0. The van der Waals surface area contributed by atoms with E-state index < -0.39 is 15.4 Å². The number of hydrogen-bond donors (Lipinski definition) is 1. The number of sulfone groups is 1. The first-order valence-corrected chi connectivity index (χ1v) is 9.54. The Morgan fingerprint density at radius 1 is 0.955 bits per heavy atom. The Morgan fingerprint density at radius 3 is 2.27 bits per heavy atom. The van der Waals surface area contributed by atoms with Crippen molar-refractivity contribution in [3.8, 4) is 0 Å². The van der Waals surface area contributed by atoms with Gasteiger partial charge in [-0.25, -0.2) is 8.42 Å². The zero-order valence-electron chi connectivity index (χ0n) is 12.4. The molecule has 2 saturated heterocycles. The van der Waals surface area contributed by atoms with Crippen molar-refractivity contribution in [3.05, 3.63) is 48.0 Å². The molecule has 2 bridgehead atoms. The van der Waals surface area contributed by atoms with Gasteiger partial charge in [0, 0.05) is 0 Å². The lowest BCUT2D eigenvalue weighted by Gasteiger charge is -2.44. The molecule has 0 spiro atoms. The average Bonchev–Trinajstić information content (AvgIpc) is 2.48. The fourth-order valence-corrected chi connectivity index (χ4v) is 6.71. The van der Waals surface area contributed by atoms with Crippen LogP contribution in [0.25, 0.3) is 10.8 Å². The Balaban J connectivity index is 1.77. The summed E-state index contributed by atoms with van der Waals surface area (Å²) in [5, 5.41) is 12.6. The molecule has 116 valence electrons. The third-order valence-electron chi connectivity index (χ3n) is 5.40. The van der Waals surface area contributed by atoms with Gasteiger partial charge in [0.2, 0.25) is 0 Å². The van der Waals surface area contributed by atoms with Gasteiger partial charge in [-0.3, -0.25) is 0 Å². The van der Waals surface area contributed by atoms with E-state index in [1.807, 2.05) is 42.5 Å². The molecule has 1 N–H and O–H groups in total. The zero-order valence-corrected chi connectivity index (χ0v) is 13.2. The van der Waals surface area contributed by atoms with Gasteiger partial charge >= 0.3 is 0 Å². The lowest BCUT2D eigenvalue weighted by atomic mass is 9.80. The third-order valence-corrected chi connectivity index (χ3v) is 8.06. The molecule has 2 aromatic rings. The SMILES string of the molecule is O=S1(=O)C2CCCC1CC(O)(c1ccc3ccccc3c1)C2. The molecule has 2 heterocycles. The van der Waals surface area contributed by atoms with Crippen molar-refractivity contribution in [1.82, 2.24) is 0 Å². The zero-order chi connectivity index (χ0) is 15.4. The smallest absolute Gasteiger partial charge is 0.156 e. The maximum absolute atomic E-state index is 12.4. The molecule has 2 aromatic carbocycles. The van der Waals surface area contributed by atoms with Gasteiger partial charge < -0.3 is 5.11 Å². The molecule has 4 heteroatoms. The summed E-state index contributed by atoms with van der Waals surface area (Å²) in [5.74, 6) is 0. The van der Waals surface area contributed by atoms with Crippen LogP contribution in [0.2, 0.25) is 0 Å². The standard InChI is InChI=1S/C18H20O3S/c19-18(11-16-6-3-7-17(12-18)22(16,20)21)15-9-8-13-4-1-2-5-14(13)10-15/h1-2,4-5,8-10,16-17,19H,3,6-7,11-12H2. The fourth-order valence-electron chi connectivity index (χ4n) is 4.16. The van der Waals surface area contributed by atoms with Crippen LogP contribution < -0.4 is 0 Å². The van der Waals surface area contributed by atoms with E-state index in [0.717, 1.165) is 22.8 Å². The van der Waals surface area contributed by atoms with Crippen LogP contribution in [0.5, 0.6) is 0 Å². The molecule has 0 amide bonds. The van der Waals surface area contributed by atoms with Crippen molar-refractivity contribution in [2.75, 3.05) is 0 Å². The Hall–Kier alpha value is -1.39. The molecule has 0 radical (unpaired) electrons. The van der Waals surface area contributed by atoms with E-state index >= 15 is 0 Å². The molecule has 4 rings (SSSR count). The van der Waals surface area contributed by atoms with Crippen LogP contribution in [0.3, 0.4) is 0 Å². The van der Waals surface area contributed by atoms with Gasteiger partial charge in [0.25, 0.3) is 0 Å². The van der Waals surface area contributed by atoms with E-state index in [1.165, 1.54) is 0 Å². The molecule has 2 atom stereocenters. The molecule has 3 nitrogen and oxygen atoms in total. The highest BCUT2D eigenvalue weighted by Gasteiger charge is 2.50. The molecular formula is C18H20O3S. The van der Waals surface area contributed by atoms with Crippen molar-refractivity contribution in [2.45, 2.75) is 48.2 Å². The highest BCUT2D eigenvalue weighted by Crippen LogP contribution is 2.46. The summed E-state index contributed by atoms with van der Waals surface area (Å²) in [5.41, 5.74) is -0.150. The lowest BCUT2D eigenvalue weighted by Crippen LogP contribution is -2.50. The van der Waals surface area contributed by atoms with Crippen LogP contribution in [0.15, 0.2) is 42.5 Å². The monoisotopic (exact) mass is 316 g/mol. The average molecular weight is 316 g/mol. The van der Waals surface area contributed by atoms with E-state index in [-0.39, 0.29) is 10.5 Å². The summed E-state index contributed by atoms with van der Waals surface area (Å²) >= 11 is 0. The summed E-state index contributed by atoms with van der Waals surface area (Å²) < 4.78 is 24.8. The van der Waals surface area contributed by atoms with Gasteiger partial charge in [0.05, 0.1) is 16.1 Å². The minimum atomic E-state index is -3.05. The molecule has 0 aliphatic carbocycles. The fraction of sp³-hybridized carbons (Fsp3) is 0.444. The van der Waals surface area contributed by atoms with Gasteiger partial charge in [-0.15, -0.1) is 0 Å². The number of rotatable bonds is 1. The number of hydrogen-bond acceptors (Lipinski definition) is 3. The van der Waals surface area contributed by atoms with E-state index in [2.05, 4.69) is 0 Å². The minimum Gasteiger partial charge on any atom is -0.385 e. The predicted molar refractivity (Wildman–Crippen MR) is 87.4 cm³/mol. The summed E-state index contributed by atoms with van der Waals surface area (Å²) in [6.07, 6.45) is 3.01. The van der Waals surface area contributed by atoms with Gasteiger partial charge in [-0.1, -0.05) is 42.8 Å². The number of fused-ring (bicyclic) bond motifs is 3. The maximum atomic E-state index is 12.4. The molecule has 2 unspecified atom stereocenters. The number of benzene rings is 2. The largest absolute Gasteiger partial charge is 0.385 e. The summed E-state index contributed by atoms with van der Waals surface area (Å²) in [6, 6.07) is 14.0. The first-order chi connectivity index (χ1) is 10.5. The van der Waals surface area contributed by atoms with Crippen molar-refractivity contribution in [2.24, 2.45) is 0 Å². The lowest BCUT2D eigenvalue weighted by molar-refractivity contribution is 0.00513. The molecular weight excluding hydrogens is 296 g/mol. The molecule has 0 aromatic heterocycles. The molecule has 0 saturated carbocycles. The highest BCUT2D eigenvalue weighted by atomic mass is 32.2. The Bertz CT molecular complexity index is 805. The van der Waals surface area contributed by atoms with Crippen molar-refractivity contribution in [3.63, 3.8) is 0 Å². The normalized spacial score (nSPS) is 33.7. The second-order valence-electron chi connectivity index (χ2n) is 6.77. The quantitative estimate of drug-likeness (QED) is 0.879. The second kappa shape index (κ2) is 4.80. The van der Waals surface area contributed by atoms with Crippen LogP contribution in [0, 0.1) is 0 Å². The molecule has 2 aliphatic heterocycles. The van der Waals surface area contributed by atoms with E-state index in [0.29, 0.717) is 25.7 Å². The topological polar surface area (TPSA) is 54.4 Å². The first kappa shape index (κ1) is 14.2. The van der Waals surface area contributed by atoms with Gasteiger partial charge in [-0.2, -0.15) is 0 Å². The van der Waals surface area contributed by atoms with Crippen molar-refractivity contribution < 1.29 is 13.5 Å². The minimum absolute atomic E-state index is 0.337. The van der Waals surface area contributed by atoms with Gasteiger partial charge in [0.1, 0.15) is 0 Å². The maximum Gasteiger partial charge on any atom is 0.156 e. The summed E-state index contributed by atoms with van der Waals surface area (Å²) in [7, 11) is -3.05. The third kappa shape index (κ3) is 2.09. The van der Waals surface area contributed by atoms with Crippen LogP contribution in [-0.2, 0) is 15.4 Å². The highest BCUT2D eigenvalue weighted by molar-refractivity contribution is 7.92. The first-order valence-electron chi connectivity index (χ1n) is 7.93. The molecule has 2 aliphatic rings. The van der Waals surface area contributed by atoms with Crippen LogP contribution in [0.4, 0.5) is 0 Å². The second-order valence-corrected chi connectivity index (χ2v) is 9.28. The van der Waals surface area contributed by atoms with E-state index in [4.69, 9.17) is 0 Å². The van der Waals surface area contributed by atoms with Crippen LogP contribution in [-0.4, -0.2) is 24.0 Å². The Kier molecular flexibility index (Phi) is 3.10. The van der Waals surface area contributed by atoms with Crippen LogP contribution >= 0.6 is 0 Å². The van der Waals surface area contributed by atoms with Crippen molar-refractivity contribution in [1.29, 1.82) is 0 Å². The van der Waals surface area contributed by atoms with E-state index in [1.54, 1.807) is 0 Å².